The molecule has 2 fully saturated rings. The average Bonchev–Trinajstić information content (AvgIpc) is 2.38. The van der Waals surface area contributed by atoms with Gasteiger partial charge < -0.3 is 15.5 Å². The molecular formula is C14H25N3O2. The fourth-order valence-corrected chi connectivity index (χ4v) is 3.15. The molecule has 19 heavy (non-hydrogen) atoms. The fourth-order valence-electron chi connectivity index (χ4n) is 3.15. The molecule has 5 nitrogen and oxygen atoms in total. The van der Waals surface area contributed by atoms with Gasteiger partial charge in [-0.1, -0.05) is 0 Å². The van der Waals surface area contributed by atoms with E-state index in [-0.39, 0.29) is 17.9 Å². The number of hydrogen-bond donors (Lipinski definition) is 2. The van der Waals surface area contributed by atoms with Gasteiger partial charge in [-0.25, -0.2) is 0 Å². The Balaban J connectivity index is 1.96. The Hall–Kier alpha value is -1.10. The van der Waals surface area contributed by atoms with E-state index in [9.17, 15) is 9.59 Å². The van der Waals surface area contributed by atoms with E-state index in [1.807, 2.05) is 11.8 Å². The van der Waals surface area contributed by atoms with Crippen molar-refractivity contribution in [2.75, 3.05) is 19.6 Å². The molecule has 2 saturated heterocycles. The van der Waals surface area contributed by atoms with Crippen LogP contribution in [0.5, 0.6) is 0 Å². The van der Waals surface area contributed by atoms with E-state index >= 15 is 0 Å². The molecule has 0 aliphatic carbocycles. The van der Waals surface area contributed by atoms with Gasteiger partial charge in [0.05, 0.1) is 5.54 Å². The highest BCUT2D eigenvalue weighted by atomic mass is 16.2. The minimum atomic E-state index is -0.406. The largest absolute Gasteiger partial charge is 0.352 e. The summed E-state index contributed by atoms with van der Waals surface area (Å²) in [4.78, 5) is 25.7. The zero-order valence-electron chi connectivity index (χ0n) is 12.0. The van der Waals surface area contributed by atoms with Gasteiger partial charge in [-0.3, -0.25) is 9.59 Å². The maximum absolute atomic E-state index is 12.7. The zero-order chi connectivity index (χ0) is 13.9. The Morgan fingerprint density at radius 2 is 2.11 bits per heavy atom. The van der Waals surface area contributed by atoms with Crippen LogP contribution in [0, 0.1) is 0 Å². The summed E-state index contributed by atoms with van der Waals surface area (Å²) in [5, 5.41) is 6.30. The summed E-state index contributed by atoms with van der Waals surface area (Å²) in [7, 11) is 0. The second-order valence-electron chi connectivity index (χ2n) is 6.01. The maximum Gasteiger partial charge on any atom is 0.242 e. The first kappa shape index (κ1) is 14.3. The summed E-state index contributed by atoms with van der Waals surface area (Å²) >= 11 is 0. The van der Waals surface area contributed by atoms with Crippen LogP contribution in [0.1, 0.15) is 46.0 Å². The summed E-state index contributed by atoms with van der Waals surface area (Å²) in [5.74, 6) is 0.184. The quantitative estimate of drug-likeness (QED) is 0.772. The monoisotopic (exact) mass is 267 g/mol. The Morgan fingerprint density at radius 3 is 2.74 bits per heavy atom. The second kappa shape index (κ2) is 5.90. The number of hydrogen-bond acceptors (Lipinski definition) is 3. The van der Waals surface area contributed by atoms with Crippen molar-refractivity contribution in [2.24, 2.45) is 0 Å². The Labute approximate surface area is 115 Å². The highest BCUT2D eigenvalue weighted by Crippen LogP contribution is 2.23. The van der Waals surface area contributed by atoms with Gasteiger partial charge in [0.1, 0.15) is 0 Å². The first-order valence-electron chi connectivity index (χ1n) is 7.33. The van der Waals surface area contributed by atoms with E-state index in [2.05, 4.69) is 10.6 Å². The van der Waals surface area contributed by atoms with Gasteiger partial charge in [-0.2, -0.15) is 0 Å². The van der Waals surface area contributed by atoms with E-state index in [1.54, 1.807) is 0 Å². The van der Waals surface area contributed by atoms with Crippen molar-refractivity contribution in [3.8, 4) is 0 Å². The topological polar surface area (TPSA) is 61.4 Å². The second-order valence-corrected chi connectivity index (χ2v) is 6.01. The van der Waals surface area contributed by atoms with E-state index in [0.717, 1.165) is 45.2 Å². The molecule has 0 radical (unpaired) electrons. The average molecular weight is 267 g/mol. The SMILES string of the molecule is CC(=O)NC1CCCN(C(=O)C2(C)CCCCN2)C1. The standard InChI is InChI=1S/C14H25N3O2/c1-11(18)16-12-6-5-9-17(10-12)13(19)14(2)7-3-4-8-15-14/h12,15H,3-10H2,1-2H3,(H,16,18). The molecule has 0 aromatic heterocycles. The van der Waals surface area contributed by atoms with Gasteiger partial charge in [0.25, 0.3) is 0 Å². The number of rotatable bonds is 2. The molecule has 2 amide bonds. The van der Waals surface area contributed by atoms with Crippen molar-refractivity contribution in [1.82, 2.24) is 15.5 Å². The number of nitrogens with zero attached hydrogens (tertiary/aromatic N) is 1. The molecule has 2 atom stereocenters. The van der Waals surface area contributed by atoms with Crippen molar-refractivity contribution in [3.05, 3.63) is 0 Å². The van der Waals surface area contributed by atoms with Gasteiger partial charge in [-0.15, -0.1) is 0 Å². The van der Waals surface area contributed by atoms with Crippen LogP contribution in [0.2, 0.25) is 0 Å². The van der Waals surface area contributed by atoms with Crippen LogP contribution in [0.15, 0.2) is 0 Å². The molecular weight excluding hydrogens is 242 g/mol. The minimum absolute atomic E-state index is 0.0127. The van der Waals surface area contributed by atoms with Gasteiger partial charge in [0, 0.05) is 26.1 Å². The summed E-state index contributed by atoms with van der Waals surface area (Å²) in [6, 6.07) is 0.113. The van der Waals surface area contributed by atoms with Crippen LogP contribution >= 0.6 is 0 Å². The summed E-state index contributed by atoms with van der Waals surface area (Å²) < 4.78 is 0. The fraction of sp³-hybridized carbons (Fsp3) is 0.857. The first-order chi connectivity index (χ1) is 9.01. The normalized spacial score (nSPS) is 31.9. The van der Waals surface area contributed by atoms with Crippen molar-refractivity contribution in [3.63, 3.8) is 0 Å². The lowest BCUT2D eigenvalue weighted by molar-refractivity contribution is -0.140. The molecule has 2 N–H and O–H groups in total. The van der Waals surface area contributed by atoms with Crippen LogP contribution in [0.4, 0.5) is 0 Å². The van der Waals surface area contributed by atoms with Crippen LogP contribution in [-0.4, -0.2) is 47.9 Å². The van der Waals surface area contributed by atoms with Crippen LogP contribution < -0.4 is 10.6 Å². The van der Waals surface area contributed by atoms with Crippen molar-refractivity contribution in [2.45, 2.75) is 57.5 Å². The van der Waals surface area contributed by atoms with Crippen molar-refractivity contribution < 1.29 is 9.59 Å². The van der Waals surface area contributed by atoms with Crippen molar-refractivity contribution in [1.29, 1.82) is 0 Å². The Morgan fingerprint density at radius 1 is 1.32 bits per heavy atom. The smallest absolute Gasteiger partial charge is 0.242 e. The molecule has 0 bridgehead atoms. The molecule has 0 aromatic carbocycles. The lowest BCUT2D eigenvalue weighted by atomic mass is 9.88. The third-order valence-corrected chi connectivity index (χ3v) is 4.21. The molecule has 2 unspecified atom stereocenters. The van der Waals surface area contributed by atoms with Crippen LogP contribution in [-0.2, 0) is 9.59 Å². The third kappa shape index (κ3) is 3.47. The van der Waals surface area contributed by atoms with E-state index in [4.69, 9.17) is 0 Å². The maximum atomic E-state index is 12.7. The number of carbonyl (C=O) groups is 2. The zero-order valence-corrected chi connectivity index (χ0v) is 12.0. The molecule has 2 rings (SSSR count). The predicted molar refractivity (Wildman–Crippen MR) is 73.7 cm³/mol. The Bertz CT molecular complexity index is 351. The number of nitrogens with one attached hydrogen (secondary N) is 2. The molecule has 2 aliphatic heterocycles. The van der Waals surface area contributed by atoms with Gasteiger partial charge in [0.15, 0.2) is 0 Å². The molecule has 0 spiro atoms. The minimum Gasteiger partial charge on any atom is -0.352 e. The molecule has 5 heteroatoms. The molecule has 0 aromatic rings. The van der Waals surface area contributed by atoms with Crippen LogP contribution in [0.25, 0.3) is 0 Å². The number of piperidine rings is 2. The summed E-state index contributed by atoms with van der Waals surface area (Å²) in [6.45, 7) is 5.92. The first-order valence-corrected chi connectivity index (χ1v) is 7.33. The number of amides is 2. The lowest BCUT2D eigenvalue weighted by Gasteiger charge is -2.41. The van der Waals surface area contributed by atoms with E-state index in [1.165, 1.54) is 6.92 Å². The molecule has 108 valence electrons. The highest BCUT2D eigenvalue weighted by Gasteiger charge is 2.38. The van der Waals surface area contributed by atoms with E-state index < -0.39 is 5.54 Å². The summed E-state index contributed by atoms with van der Waals surface area (Å²) in [6.07, 6.45) is 5.10. The van der Waals surface area contributed by atoms with Gasteiger partial charge >= 0.3 is 0 Å². The third-order valence-electron chi connectivity index (χ3n) is 4.21. The predicted octanol–water partition coefficient (Wildman–Crippen LogP) is 0.646. The van der Waals surface area contributed by atoms with Gasteiger partial charge in [0.2, 0.25) is 11.8 Å². The molecule has 2 aliphatic rings. The Kier molecular flexibility index (Phi) is 4.45. The van der Waals surface area contributed by atoms with Crippen LogP contribution in [0.3, 0.4) is 0 Å². The summed E-state index contributed by atoms with van der Waals surface area (Å²) in [5.41, 5.74) is -0.406. The van der Waals surface area contributed by atoms with E-state index in [0.29, 0.717) is 6.54 Å². The van der Waals surface area contributed by atoms with Crippen molar-refractivity contribution >= 4 is 11.8 Å². The highest BCUT2D eigenvalue weighted by molar-refractivity contribution is 5.86. The molecule has 2 heterocycles. The number of likely N-dealkylation sites (tertiary alicyclic amines) is 1. The lowest BCUT2D eigenvalue weighted by Crippen LogP contribution is -2.61. The molecule has 0 saturated carbocycles. The number of carbonyl (C=O) groups excluding carboxylic acids is 2. The van der Waals surface area contributed by atoms with Gasteiger partial charge in [-0.05, 0) is 45.6 Å².